The summed E-state index contributed by atoms with van der Waals surface area (Å²) in [6.45, 7) is -1.33. The molecular formula is C22H39N3O15. The highest BCUT2D eigenvalue weighted by atomic mass is 16.7. The van der Waals surface area contributed by atoms with Crippen molar-refractivity contribution in [3.05, 3.63) is 11.6 Å². The highest BCUT2D eigenvalue weighted by Crippen LogP contribution is 2.35. The van der Waals surface area contributed by atoms with E-state index >= 15 is 0 Å². The molecule has 0 aliphatic carbocycles. The van der Waals surface area contributed by atoms with Crippen LogP contribution in [-0.2, 0) is 28.5 Å². The van der Waals surface area contributed by atoms with Crippen molar-refractivity contribution in [1.29, 1.82) is 0 Å². The van der Waals surface area contributed by atoms with E-state index < -0.39 is 117 Å². The molecule has 15 atom stereocenters. The summed E-state index contributed by atoms with van der Waals surface area (Å²) in [6.07, 6.45) is -16.4. The Morgan fingerprint density at radius 1 is 0.825 bits per heavy atom. The van der Waals surface area contributed by atoms with E-state index in [2.05, 4.69) is 0 Å². The van der Waals surface area contributed by atoms with E-state index in [-0.39, 0.29) is 5.57 Å². The van der Waals surface area contributed by atoms with Crippen molar-refractivity contribution >= 4 is 5.97 Å². The molecule has 0 saturated carbocycles. The van der Waals surface area contributed by atoms with Gasteiger partial charge in [0, 0.05) is 5.57 Å². The predicted octanol–water partition coefficient (Wildman–Crippen LogP) is -7.27. The van der Waals surface area contributed by atoms with Gasteiger partial charge in [-0.15, -0.1) is 0 Å². The van der Waals surface area contributed by atoms with Crippen LogP contribution in [0.15, 0.2) is 11.6 Å². The molecule has 18 nitrogen and oxygen atoms in total. The van der Waals surface area contributed by atoms with Crippen LogP contribution in [0.25, 0.3) is 0 Å². The lowest BCUT2D eigenvalue weighted by Gasteiger charge is -2.50. The van der Waals surface area contributed by atoms with Gasteiger partial charge in [0.25, 0.3) is 0 Å². The minimum Gasteiger partial charge on any atom is -0.478 e. The van der Waals surface area contributed by atoms with Crippen LogP contribution in [0.2, 0.25) is 0 Å². The first kappa shape index (κ1) is 33.1. The fourth-order valence-corrected chi connectivity index (χ4v) is 4.83. The van der Waals surface area contributed by atoms with E-state index in [4.69, 9.17) is 40.9 Å². The lowest BCUT2D eigenvalue weighted by atomic mass is 9.85. The van der Waals surface area contributed by atoms with Crippen LogP contribution < -0.4 is 17.2 Å². The second kappa shape index (κ2) is 13.3. The van der Waals surface area contributed by atoms with Crippen molar-refractivity contribution < 1.29 is 74.4 Å². The topological polar surface area (TPSA) is 323 Å². The first-order valence-corrected chi connectivity index (χ1v) is 12.4. The van der Waals surface area contributed by atoms with Gasteiger partial charge in [0.15, 0.2) is 18.9 Å². The number of aliphatic carboxylic acids is 1. The van der Waals surface area contributed by atoms with E-state index in [9.17, 15) is 50.8 Å². The number of hydrogen-bond donors (Lipinski definition) is 12. The Labute approximate surface area is 228 Å². The van der Waals surface area contributed by atoms with Crippen LogP contribution in [0.3, 0.4) is 0 Å². The molecule has 0 amide bonds. The molecule has 40 heavy (non-hydrogen) atoms. The van der Waals surface area contributed by atoms with Gasteiger partial charge in [-0.3, -0.25) is 0 Å². The molecule has 232 valence electrons. The van der Waals surface area contributed by atoms with Gasteiger partial charge in [0.1, 0.15) is 54.4 Å². The molecule has 0 aromatic rings. The molecule has 3 aliphatic heterocycles. The molecule has 0 bridgehead atoms. The van der Waals surface area contributed by atoms with E-state index in [1.807, 2.05) is 0 Å². The molecule has 3 aliphatic rings. The number of rotatable bonds is 9. The first-order valence-electron chi connectivity index (χ1n) is 12.4. The van der Waals surface area contributed by atoms with Crippen LogP contribution in [0.1, 0.15) is 6.92 Å². The fraction of sp³-hybridized carbons (Fsp3) is 0.864. The van der Waals surface area contributed by atoms with Crippen molar-refractivity contribution in [1.82, 2.24) is 0 Å². The standard InChI is InChI=1S/C22H39N3O15/c1-6(18(33)34)2-22(5-28)17(32)14(31)11(25)21(40-22)39-16-8(4-27)37-20(10(24)13(16)30)38-15-7(3-26)36-19(35)9(23)12(15)29/h2,7-17,19-21,26-32,35H,3-5,23-25H2,1H3,(H,33,34)/b6-2+/t7-,8-,9-,10-,11-,12-,13-,14-,15?,16?,17+,19-,20+,21+,22-/m1/s1. The van der Waals surface area contributed by atoms with Crippen LogP contribution in [0.4, 0.5) is 0 Å². The second-order valence-corrected chi connectivity index (χ2v) is 10.1. The van der Waals surface area contributed by atoms with Crippen molar-refractivity contribution in [2.24, 2.45) is 17.2 Å². The Morgan fingerprint density at radius 3 is 1.85 bits per heavy atom. The molecule has 0 aromatic carbocycles. The van der Waals surface area contributed by atoms with Gasteiger partial charge in [-0.2, -0.15) is 0 Å². The Bertz CT molecular complexity index is 896. The zero-order valence-electron chi connectivity index (χ0n) is 21.5. The maximum Gasteiger partial charge on any atom is 0.331 e. The highest BCUT2D eigenvalue weighted by Gasteiger charge is 2.55. The largest absolute Gasteiger partial charge is 0.478 e. The summed E-state index contributed by atoms with van der Waals surface area (Å²) in [7, 11) is 0. The summed E-state index contributed by atoms with van der Waals surface area (Å²) in [6, 6.07) is -4.24. The molecule has 3 fully saturated rings. The quantitative estimate of drug-likeness (QED) is 0.112. The summed E-state index contributed by atoms with van der Waals surface area (Å²) in [5, 5.41) is 91.2. The molecule has 3 saturated heterocycles. The third-order valence-electron chi connectivity index (χ3n) is 7.32. The van der Waals surface area contributed by atoms with Crippen LogP contribution >= 0.6 is 0 Å². The third kappa shape index (κ3) is 6.32. The van der Waals surface area contributed by atoms with Gasteiger partial charge in [-0.25, -0.2) is 4.79 Å². The smallest absolute Gasteiger partial charge is 0.331 e. The molecule has 0 aromatic heterocycles. The zero-order chi connectivity index (χ0) is 30.1. The SMILES string of the molecule is C/C(=C\[C@]1(CO)O[C@H](OC2[C@@H](CO)O[C@@H](OC3[C@@H](CO)O[C@@H](O)[C@H](N)[C@H]3O)[C@H](N)[C@H]2O)[C@H](N)[C@@H](O)[C@@H]1O)C(=O)O. The summed E-state index contributed by atoms with van der Waals surface area (Å²) < 4.78 is 27.8. The minimum atomic E-state index is -2.18. The lowest BCUT2D eigenvalue weighted by Crippen LogP contribution is -2.71. The molecule has 0 radical (unpaired) electrons. The van der Waals surface area contributed by atoms with Gasteiger partial charge in [-0.05, 0) is 13.0 Å². The molecule has 15 N–H and O–H groups in total. The third-order valence-corrected chi connectivity index (χ3v) is 7.32. The number of carbonyl (C=O) groups is 1. The molecule has 3 rings (SSSR count). The molecule has 0 spiro atoms. The minimum absolute atomic E-state index is 0.340. The summed E-state index contributed by atoms with van der Waals surface area (Å²) >= 11 is 0. The van der Waals surface area contributed by atoms with Crippen LogP contribution in [0.5, 0.6) is 0 Å². The van der Waals surface area contributed by atoms with E-state index in [1.54, 1.807) is 0 Å². The average Bonchev–Trinajstić information content (AvgIpc) is 2.93. The maximum atomic E-state index is 11.3. The predicted molar refractivity (Wildman–Crippen MR) is 127 cm³/mol. The number of hydrogen-bond acceptors (Lipinski definition) is 17. The number of aliphatic hydroxyl groups excluding tert-OH is 8. The summed E-state index contributed by atoms with van der Waals surface area (Å²) in [4.78, 5) is 11.3. The highest BCUT2D eigenvalue weighted by molar-refractivity contribution is 5.86. The van der Waals surface area contributed by atoms with Gasteiger partial charge in [-0.1, -0.05) is 0 Å². The van der Waals surface area contributed by atoms with Gasteiger partial charge in [0.2, 0.25) is 0 Å². The number of carboxylic acids is 1. The van der Waals surface area contributed by atoms with E-state index in [0.717, 1.165) is 13.0 Å². The monoisotopic (exact) mass is 585 g/mol. The van der Waals surface area contributed by atoms with Gasteiger partial charge < -0.3 is 86.8 Å². The number of carboxylic acid groups (broad SMARTS) is 1. The number of nitrogens with two attached hydrogens (primary N) is 3. The van der Waals surface area contributed by atoms with Crippen molar-refractivity contribution in [2.45, 2.75) is 98.4 Å². The van der Waals surface area contributed by atoms with E-state index in [1.165, 1.54) is 0 Å². The summed E-state index contributed by atoms with van der Waals surface area (Å²) in [5.41, 5.74) is 15.3. The lowest BCUT2D eigenvalue weighted by molar-refractivity contribution is -0.355. The van der Waals surface area contributed by atoms with Crippen molar-refractivity contribution in [3.63, 3.8) is 0 Å². The molecule has 2 unspecified atom stereocenters. The Kier molecular flexibility index (Phi) is 11.0. The molecule has 3 heterocycles. The number of ether oxygens (including phenoxy) is 5. The fourth-order valence-electron chi connectivity index (χ4n) is 4.83. The van der Waals surface area contributed by atoms with Crippen molar-refractivity contribution in [3.8, 4) is 0 Å². The van der Waals surface area contributed by atoms with Crippen molar-refractivity contribution in [2.75, 3.05) is 19.8 Å². The van der Waals surface area contributed by atoms with Gasteiger partial charge >= 0.3 is 5.97 Å². The Morgan fingerprint density at radius 2 is 1.32 bits per heavy atom. The van der Waals surface area contributed by atoms with Gasteiger partial charge in [0.05, 0.1) is 37.9 Å². The Hall–Kier alpha value is -1.43. The normalized spacial score (nSPS) is 48.6. The summed E-state index contributed by atoms with van der Waals surface area (Å²) in [5.74, 6) is -1.40. The molecular weight excluding hydrogens is 546 g/mol. The van der Waals surface area contributed by atoms with Crippen LogP contribution in [0, 0.1) is 0 Å². The zero-order valence-corrected chi connectivity index (χ0v) is 21.5. The molecule has 18 heteroatoms. The van der Waals surface area contributed by atoms with Crippen LogP contribution in [-0.4, -0.2) is 163 Å². The average molecular weight is 586 g/mol. The number of aliphatic hydroxyl groups is 8. The van der Waals surface area contributed by atoms with E-state index in [0.29, 0.717) is 0 Å². The Balaban J connectivity index is 1.81. The first-order chi connectivity index (χ1) is 18.7. The second-order valence-electron chi connectivity index (χ2n) is 10.1. The maximum absolute atomic E-state index is 11.3.